The van der Waals surface area contributed by atoms with E-state index >= 15 is 0 Å². The Bertz CT molecular complexity index is 871. The Balaban J connectivity index is 1.82. The Labute approximate surface area is 155 Å². The van der Waals surface area contributed by atoms with Crippen LogP contribution in [0.25, 0.3) is 0 Å². The van der Waals surface area contributed by atoms with Gasteiger partial charge in [-0.3, -0.25) is 9.52 Å². The molecule has 2 unspecified atom stereocenters. The van der Waals surface area contributed by atoms with Crippen LogP contribution < -0.4 is 4.72 Å². The van der Waals surface area contributed by atoms with Gasteiger partial charge in [-0.1, -0.05) is 38.1 Å². The summed E-state index contributed by atoms with van der Waals surface area (Å²) in [6.45, 7) is 5.70. The number of nitrogens with zero attached hydrogens (tertiary/aromatic N) is 1. The van der Waals surface area contributed by atoms with Crippen LogP contribution in [0, 0.1) is 11.8 Å². The Morgan fingerprint density at radius 1 is 1.00 bits per heavy atom. The minimum Gasteiger partial charge on any atom is -0.338 e. The molecule has 0 aromatic heterocycles. The molecule has 3 rings (SSSR count). The van der Waals surface area contributed by atoms with E-state index in [1.165, 1.54) is 12.1 Å². The molecule has 1 fully saturated rings. The molecule has 5 nitrogen and oxygen atoms in total. The van der Waals surface area contributed by atoms with E-state index in [4.69, 9.17) is 0 Å². The lowest BCUT2D eigenvalue weighted by atomic mass is 9.91. The lowest BCUT2D eigenvalue weighted by Gasteiger charge is -2.35. The first-order valence-electron chi connectivity index (χ1n) is 8.82. The Kier molecular flexibility index (Phi) is 5.32. The summed E-state index contributed by atoms with van der Waals surface area (Å²) in [5.74, 6) is 0.795. The number of rotatable bonds is 4. The first-order valence-corrected chi connectivity index (χ1v) is 10.3. The van der Waals surface area contributed by atoms with E-state index in [0.717, 1.165) is 6.42 Å². The van der Waals surface area contributed by atoms with E-state index in [9.17, 15) is 13.2 Å². The number of carbonyl (C=O) groups is 1. The van der Waals surface area contributed by atoms with Gasteiger partial charge in [0.15, 0.2) is 0 Å². The van der Waals surface area contributed by atoms with Crippen LogP contribution in [0.1, 0.15) is 30.6 Å². The summed E-state index contributed by atoms with van der Waals surface area (Å²) in [5.41, 5.74) is 0.894. The molecule has 0 saturated carbocycles. The first-order chi connectivity index (χ1) is 12.3. The number of para-hydroxylation sites is 1. The van der Waals surface area contributed by atoms with Crippen molar-refractivity contribution in [3.63, 3.8) is 0 Å². The Morgan fingerprint density at radius 3 is 2.31 bits per heavy atom. The molecular weight excluding hydrogens is 348 g/mol. The van der Waals surface area contributed by atoms with Crippen LogP contribution in [0.2, 0.25) is 0 Å². The quantitative estimate of drug-likeness (QED) is 0.892. The largest absolute Gasteiger partial charge is 0.338 e. The highest BCUT2D eigenvalue weighted by Gasteiger charge is 2.27. The van der Waals surface area contributed by atoms with Crippen LogP contribution in [0.15, 0.2) is 59.5 Å². The SMILES string of the molecule is CC1CC(C)CN(C(=O)c2cccc(S(=O)(=O)Nc3ccccc3)c2)C1. The third kappa shape index (κ3) is 4.25. The molecule has 26 heavy (non-hydrogen) atoms. The Morgan fingerprint density at radius 2 is 1.65 bits per heavy atom. The molecule has 138 valence electrons. The van der Waals surface area contributed by atoms with Crippen LogP contribution in [-0.2, 0) is 10.0 Å². The van der Waals surface area contributed by atoms with Gasteiger partial charge < -0.3 is 4.90 Å². The van der Waals surface area contributed by atoms with E-state index in [2.05, 4.69) is 18.6 Å². The third-order valence-corrected chi connectivity index (χ3v) is 5.95. The van der Waals surface area contributed by atoms with E-state index < -0.39 is 10.0 Å². The van der Waals surface area contributed by atoms with Gasteiger partial charge >= 0.3 is 0 Å². The zero-order valence-electron chi connectivity index (χ0n) is 15.1. The number of likely N-dealkylation sites (tertiary alicyclic amines) is 1. The summed E-state index contributed by atoms with van der Waals surface area (Å²) in [5, 5.41) is 0. The summed E-state index contributed by atoms with van der Waals surface area (Å²) in [6.07, 6.45) is 1.11. The van der Waals surface area contributed by atoms with Crippen LogP contribution >= 0.6 is 0 Å². The lowest BCUT2D eigenvalue weighted by Crippen LogP contribution is -2.42. The highest BCUT2D eigenvalue weighted by Crippen LogP contribution is 2.23. The van der Waals surface area contributed by atoms with Crippen molar-refractivity contribution in [2.75, 3.05) is 17.8 Å². The number of sulfonamides is 1. The second kappa shape index (κ2) is 7.50. The second-order valence-electron chi connectivity index (χ2n) is 7.16. The number of carbonyl (C=O) groups excluding carboxylic acids is 1. The molecular formula is C20H24N2O3S. The maximum absolute atomic E-state index is 12.8. The summed E-state index contributed by atoms with van der Waals surface area (Å²) < 4.78 is 27.8. The third-order valence-electron chi connectivity index (χ3n) is 4.57. The fourth-order valence-electron chi connectivity index (χ4n) is 3.53. The summed E-state index contributed by atoms with van der Waals surface area (Å²) in [7, 11) is -3.74. The average Bonchev–Trinajstić information content (AvgIpc) is 2.61. The first kappa shape index (κ1) is 18.5. The molecule has 1 aliphatic heterocycles. The van der Waals surface area contributed by atoms with Gasteiger partial charge in [-0.2, -0.15) is 0 Å². The Hall–Kier alpha value is -2.34. The number of nitrogens with one attached hydrogen (secondary N) is 1. The van der Waals surface area contributed by atoms with E-state index in [0.29, 0.717) is 36.2 Å². The second-order valence-corrected chi connectivity index (χ2v) is 8.84. The van der Waals surface area contributed by atoms with Crippen LogP contribution in [-0.4, -0.2) is 32.3 Å². The van der Waals surface area contributed by atoms with Crippen molar-refractivity contribution in [3.8, 4) is 0 Å². The van der Waals surface area contributed by atoms with Crippen molar-refractivity contribution in [3.05, 3.63) is 60.2 Å². The topological polar surface area (TPSA) is 66.5 Å². The maximum atomic E-state index is 12.8. The molecule has 0 aliphatic carbocycles. The van der Waals surface area contributed by atoms with Crippen molar-refractivity contribution < 1.29 is 13.2 Å². The highest BCUT2D eigenvalue weighted by atomic mass is 32.2. The van der Waals surface area contributed by atoms with Gasteiger partial charge in [-0.15, -0.1) is 0 Å². The standard InChI is InChI=1S/C20H24N2O3S/c1-15-11-16(2)14-22(13-15)20(23)17-7-6-10-19(12-17)26(24,25)21-18-8-4-3-5-9-18/h3-10,12,15-16,21H,11,13-14H2,1-2H3. The van der Waals surface area contributed by atoms with Crippen molar-refractivity contribution in [1.29, 1.82) is 0 Å². The molecule has 1 saturated heterocycles. The van der Waals surface area contributed by atoms with Gasteiger partial charge in [0.25, 0.3) is 15.9 Å². The van der Waals surface area contributed by atoms with E-state index in [1.807, 2.05) is 11.0 Å². The number of hydrogen-bond donors (Lipinski definition) is 1. The molecule has 6 heteroatoms. The van der Waals surface area contributed by atoms with Gasteiger partial charge in [0, 0.05) is 24.3 Å². The van der Waals surface area contributed by atoms with Gasteiger partial charge in [-0.05, 0) is 48.6 Å². The predicted molar refractivity (Wildman–Crippen MR) is 103 cm³/mol. The normalized spacial score (nSPS) is 20.6. The monoisotopic (exact) mass is 372 g/mol. The molecule has 0 spiro atoms. The van der Waals surface area contributed by atoms with Crippen LogP contribution in [0.3, 0.4) is 0 Å². The molecule has 2 aromatic rings. The number of piperidine rings is 1. The molecule has 0 bridgehead atoms. The zero-order valence-corrected chi connectivity index (χ0v) is 15.9. The van der Waals surface area contributed by atoms with Gasteiger partial charge in [0.2, 0.25) is 0 Å². The smallest absolute Gasteiger partial charge is 0.261 e. The summed E-state index contributed by atoms with van der Waals surface area (Å²) in [6, 6.07) is 15.0. The van der Waals surface area contributed by atoms with Crippen LogP contribution in [0.5, 0.6) is 0 Å². The summed E-state index contributed by atoms with van der Waals surface area (Å²) in [4.78, 5) is 14.8. The maximum Gasteiger partial charge on any atom is 0.261 e. The molecule has 1 aliphatic rings. The minimum atomic E-state index is -3.74. The minimum absolute atomic E-state index is 0.0882. The van der Waals surface area contributed by atoms with Gasteiger partial charge in [0.05, 0.1) is 4.90 Å². The predicted octanol–water partition coefficient (Wildman–Crippen LogP) is 3.61. The number of benzene rings is 2. The molecule has 2 aromatic carbocycles. The lowest BCUT2D eigenvalue weighted by molar-refractivity contribution is 0.0623. The fraction of sp³-hybridized carbons (Fsp3) is 0.350. The van der Waals surface area contributed by atoms with Crippen molar-refractivity contribution in [2.24, 2.45) is 11.8 Å². The molecule has 1 amide bonds. The zero-order chi connectivity index (χ0) is 18.7. The van der Waals surface area contributed by atoms with Crippen molar-refractivity contribution in [1.82, 2.24) is 4.90 Å². The molecule has 2 atom stereocenters. The number of hydrogen-bond acceptors (Lipinski definition) is 3. The molecule has 1 heterocycles. The molecule has 1 N–H and O–H groups in total. The fourth-order valence-corrected chi connectivity index (χ4v) is 4.63. The summed E-state index contributed by atoms with van der Waals surface area (Å²) >= 11 is 0. The average molecular weight is 372 g/mol. The highest BCUT2D eigenvalue weighted by molar-refractivity contribution is 7.92. The van der Waals surface area contributed by atoms with Gasteiger partial charge in [-0.25, -0.2) is 8.42 Å². The van der Waals surface area contributed by atoms with Crippen molar-refractivity contribution >= 4 is 21.6 Å². The number of amides is 1. The van der Waals surface area contributed by atoms with Crippen molar-refractivity contribution in [2.45, 2.75) is 25.2 Å². The number of anilines is 1. The van der Waals surface area contributed by atoms with E-state index in [-0.39, 0.29) is 10.8 Å². The van der Waals surface area contributed by atoms with E-state index in [1.54, 1.807) is 36.4 Å². The molecule has 0 radical (unpaired) electrons. The van der Waals surface area contributed by atoms with Crippen LogP contribution in [0.4, 0.5) is 5.69 Å². The van der Waals surface area contributed by atoms with Gasteiger partial charge in [0.1, 0.15) is 0 Å².